The van der Waals surface area contributed by atoms with Gasteiger partial charge in [0.15, 0.2) is 5.96 Å². The zero-order chi connectivity index (χ0) is 21.9. The van der Waals surface area contributed by atoms with Gasteiger partial charge in [-0.15, -0.1) is 0 Å². The van der Waals surface area contributed by atoms with Crippen LogP contribution in [0.15, 0.2) is 35.3 Å². The average molecular weight is 430 g/mol. The molecule has 0 bridgehead atoms. The van der Waals surface area contributed by atoms with Gasteiger partial charge in [-0.1, -0.05) is 30.3 Å². The van der Waals surface area contributed by atoms with Crippen LogP contribution in [0.4, 0.5) is 0 Å². The molecular formula is C24H39N5O2. The molecule has 2 aliphatic rings. The standard InChI is InChI=1S/C24H39N5O2/c1-28(2)23(30)19-26-24(25-13-6-14-29-15-17-31-18-16-29)27-22-11-9-21(10-12-22)20-7-4-3-5-8-20/h3-5,7-8,21-22H,6,9-19H2,1-2H3,(H2,25,26,27). The molecule has 0 unspecified atom stereocenters. The third-order valence-electron chi connectivity index (χ3n) is 6.26. The first-order valence-electron chi connectivity index (χ1n) is 11.7. The molecule has 1 aliphatic heterocycles. The summed E-state index contributed by atoms with van der Waals surface area (Å²) in [6.45, 7) is 5.77. The SMILES string of the molecule is CN(C)C(=O)CN=C(NCCCN1CCOCC1)NC1CCC(c2ccccc2)CC1. The van der Waals surface area contributed by atoms with Crippen molar-refractivity contribution in [3.8, 4) is 0 Å². The van der Waals surface area contributed by atoms with E-state index < -0.39 is 0 Å². The minimum atomic E-state index is 0.0159. The fourth-order valence-corrected chi connectivity index (χ4v) is 4.26. The van der Waals surface area contributed by atoms with E-state index in [1.54, 1.807) is 19.0 Å². The lowest BCUT2D eigenvalue weighted by atomic mass is 9.82. The number of rotatable bonds is 8. The van der Waals surface area contributed by atoms with Crippen molar-refractivity contribution in [1.29, 1.82) is 0 Å². The number of nitrogens with zero attached hydrogens (tertiary/aromatic N) is 3. The number of guanidine groups is 1. The summed E-state index contributed by atoms with van der Waals surface area (Å²) in [5.41, 5.74) is 1.45. The molecule has 2 N–H and O–H groups in total. The van der Waals surface area contributed by atoms with Crippen molar-refractivity contribution < 1.29 is 9.53 Å². The second-order valence-electron chi connectivity index (χ2n) is 8.79. The second-order valence-corrected chi connectivity index (χ2v) is 8.79. The van der Waals surface area contributed by atoms with Gasteiger partial charge in [-0.05, 0) is 50.1 Å². The zero-order valence-electron chi connectivity index (χ0n) is 19.2. The Balaban J connectivity index is 1.46. The molecule has 7 nitrogen and oxygen atoms in total. The van der Waals surface area contributed by atoms with E-state index >= 15 is 0 Å². The summed E-state index contributed by atoms with van der Waals surface area (Å²) in [6.07, 6.45) is 5.65. The molecule has 3 rings (SSSR count). The zero-order valence-corrected chi connectivity index (χ0v) is 19.2. The highest BCUT2D eigenvalue weighted by atomic mass is 16.5. The number of nitrogens with one attached hydrogen (secondary N) is 2. The second kappa shape index (κ2) is 12.7. The number of morpholine rings is 1. The summed E-state index contributed by atoms with van der Waals surface area (Å²) in [7, 11) is 3.54. The van der Waals surface area contributed by atoms with Crippen molar-refractivity contribution in [2.24, 2.45) is 4.99 Å². The van der Waals surface area contributed by atoms with Gasteiger partial charge < -0.3 is 20.3 Å². The van der Waals surface area contributed by atoms with Gasteiger partial charge in [0.25, 0.3) is 0 Å². The van der Waals surface area contributed by atoms with Crippen molar-refractivity contribution >= 4 is 11.9 Å². The van der Waals surface area contributed by atoms with Crippen LogP contribution in [0.1, 0.15) is 43.6 Å². The van der Waals surface area contributed by atoms with E-state index in [1.807, 2.05) is 0 Å². The maximum Gasteiger partial charge on any atom is 0.243 e. The normalized spacial score (nSPS) is 22.7. The van der Waals surface area contributed by atoms with Gasteiger partial charge in [0.05, 0.1) is 13.2 Å². The number of carbonyl (C=O) groups excluding carboxylic acids is 1. The number of benzene rings is 1. The van der Waals surface area contributed by atoms with E-state index in [0.29, 0.717) is 12.0 Å². The quantitative estimate of drug-likeness (QED) is 0.376. The molecule has 0 atom stereocenters. The Morgan fingerprint density at radius 2 is 1.84 bits per heavy atom. The molecule has 172 valence electrons. The molecular weight excluding hydrogens is 390 g/mol. The van der Waals surface area contributed by atoms with Crippen molar-refractivity contribution in [1.82, 2.24) is 20.4 Å². The fourth-order valence-electron chi connectivity index (χ4n) is 4.26. The Morgan fingerprint density at radius 3 is 2.52 bits per heavy atom. The summed E-state index contributed by atoms with van der Waals surface area (Å²) in [6, 6.07) is 11.2. The van der Waals surface area contributed by atoms with Gasteiger partial charge in [0.2, 0.25) is 5.91 Å². The van der Waals surface area contributed by atoms with E-state index in [2.05, 4.69) is 50.9 Å². The van der Waals surface area contributed by atoms with Crippen molar-refractivity contribution in [2.45, 2.75) is 44.1 Å². The maximum atomic E-state index is 12.0. The van der Waals surface area contributed by atoms with Gasteiger partial charge in [-0.3, -0.25) is 9.69 Å². The smallest absolute Gasteiger partial charge is 0.243 e. The van der Waals surface area contributed by atoms with E-state index in [9.17, 15) is 4.79 Å². The minimum Gasteiger partial charge on any atom is -0.379 e. The van der Waals surface area contributed by atoms with E-state index in [4.69, 9.17) is 4.74 Å². The van der Waals surface area contributed by atoms with Gasteiger partial charge in [-0.25, -0.2) is 4.99 Å². The summed E-state index contributed by atoms with van der Waals surface area (Å²) >= 11 is 0. The number of ether oxygens (including phenoxy) is 1. The van der Waals surface area contributed by atoms with Crippen LogP contribution in [0.25, 0.3) is 0 Å². The molecule has 1 heterocycles. The molecule has 1 saturated carbocycles. The molecule has 1 amide bonds. The highest BCUT2D eigenvalue weighted by molar-refractivity contribution is 5.84. The number of hydrogen-bond donors (Lipinski definition) is 2. The molecule has 7 heteroatoms. The average Bonchev–Trinajstić information content (AvgIpc) is 2.81. The Hall–Kier alpha value is -2.12. The number of aliphatic imine (C=N–C) groups is 1. The lowest BCUT2D eigenvalue weighted by Crippen LogP contribution is -2.46. The van der Waals surface area contributed by atoms with Gasteiger partial charge in [0.1, 0.15) is 6.54 Å². The third-order valence-corrected chi connectivity index (χ3v) is 6.26. The van der Waals surface area contributed by atoms with Gasteiger partial charge in [0, 0.05) is 39.8 Å². The van der Waals surface area contributed by atoms with Crippen molar-refractivity contribution in [2.75, 3.05) is 60.0 Å². The highest BCUT2D eigenvalue weighted by Gasteiger charge is 2.23. The molecule has 1 aromatic rings. The first-order chi connectivity index (χ1) is 15.1. The van der Waals surface area contributed by atoms with Crippen LogP contribution in [0.5, 0.6) is 0 Å². The molecule has 0 radical (unpaired) electrons. The molecule has 1 aromatic carbocycles. The molecule has 0 aromatic heterocycles. The topological polar surface area (TPSA) is 69.2 Å². The van der Waals surface area contributed by atoms with E-state index in [0.717, 1.165) is 64.6 Å². The summed E-state index contributed by atoms with van der Waals surface area (Å²) < 4.78 is 5.42. The Labute approximate surface area is 187 Å². The highest BCUT2D eigenvalue weighted by Crippen LogP contribution is 2.32. The molecule has 2 fully saturated rings. The molecule has 1 aliphatic carbocycles. The summed E-state index contributed by atoms with van der Waals surface area (Å²) in [5, 5.41) is 7.05. The van der Waals surface area contributed by atoms with E-state index in [-0.39, 0.29) is 12.5 Å². The summed E-state index contributed by atoms with van der Waals surface area (Å²) in [4.78, 5) is 20.6. The Morgan fingerprint density at radius 1 is 1.13 bits per heavy atom. The molecule has 31 heavy (non-hydrogen) atoms. The van der Waals surface area contributed by atoms with E-state index in [1.165, 1.54) is 18.4 Å². The van der Waals surface area contributed by atoms with Crippen LogP contribution in [-0.2, 0) is 9.53 Å². The molecule has 1 saturated heterocycles. The maximum absolute atomic E-state index is 12.0. The number of amides is 1. The summed E-state index contributed by atoms with van der Waals surface area (Å²) in [5.74, 6) is 1.43. The largest absolute Gasteiger partial charge is 0.379 e. The van der Waals surface area contributed by atoms with Crippen LogP contribution < -0.4 is 10.6 Å². The lowest BCUT2D eigenvalue weighted by molar-refractivity contribution is -0.127. The first-order valence-corrected chi connectivity index (χ1v) is 11.7. The number of hydrogen-bond acceptors (Lipinski definition) is 4. The van der Waals surface area contributed by atoms with Crippen LogP contribution in [-0.4, -0.2) is 87.7 Å². The van der Waals surface area contributed by atoms with Crippen molar-refractivity contribution in [3.05, 3.63) is 35.9 Å². The fraction of sp³-hybridized carbons (Fsp3) is 0.667. The van der Waals surface area contributed by atoms with Crippen LogP contribution in [0, 0.1) is 0 Å². The van der Waals surface area contributed by atoms with Crippen LogP contribution >= 0.6 is 0 Å². The predicted octanol–water partition coefficient (Wildman–Crippen LogP) is 2.06. The number of carbonyl (C=O) groups is 1. The van der Waals surface area contributed by atoms with Crippen LogP contribution in [0.2, 0.25) is 0 Å². The first kappa shape index (κ1) is 23.5. The van der Waals surface area contributed by atoms with Gasteiger partial charge >= 0.3 is 0 Å². The molecule has 0 spiro atoms. The Bertz CT molecular complexity index is 680. The van der Waals surface area contributed by atoms with Gasteiger partial charge in [-0.2, -0.15) is 0 Å². The predicted molar refractivity (Wildman–Crippen MR) is 125 cm³/mol. The van der Waals surface area contributed by atoms with Crippen LogP contribution in [0.3, 0.4) is 0 Å². The van der Waals surface area contributed by atoms with Crippen molar-refractivity contribution in [3.63, 3.8) is 0 Å². The lowest BCUT2D eigenvalue weighted by Gasteiger charge is -2.30. The third kappa shape index (κ3) is 8.15. The monoisotopic (exact) mass is 429 g/mol. The Kier molecular flexibility index (Phi) is 9.62. The minimum absolute atomic E-state index is 0.0159. The number of likely N-dealkylation sites (N-methyl/N-ethyl adjacent to an activating group) is 1.